The van der Waals surface area contributed by atoms with Crippen LogP contribution >= 0.6 is 15.6 Å². The Balaban J connectivity index is 5.14. The summed E-state index contributed by atoms with van der Waals surface area (Å²) in [5.41, 5.74) is 0. The topological polar surface area (TPSA) is 237 Å². The summed E-state index contributed by atoms with van der Waals surface area (Å²) in [5, 5.41) is 10.6. The molecule has 582 valence electrons. The van der Waals surface area contributed by atoms with E-state index >= 15 is 0 Å². The number of carbonyl (C=O) groups is 4. The van der Waals surface area contributed by atoms with Gasteiger partial charge in [0, 0.05) is 25.7 Å². The molecule has 0 aliphatic heterocycles. The zero-order valence-corrected chi connectivity index (χ0v) is 65.7. The van der Waals surface area contributed by atoms with E-state index < -0.39 is 97.5 Å². The standard InChI is InChI=1S/C79H154O17P2/c1-6-10-13-16-19-21-23-25-27-29-31-33-35-37-39-41-43-45-48-54-59-64-78(83)95-74(69-90-77(82)63-58-53-47-44-42-40-38-36-34-32-30-28-26-24-22-20-17-14-11-7-2)70-93-97(85,86)91-66-73(80)67-92-98(87,88)94-71-75(68-89-76(81)62-57-52-46-18-15-12-8-3)96-79(84)65-60-55-50-49-51-56-61-72(5)9-4/h72-75,80H,6-71H2,1-5H3,(H,85,86)(H,87,88)/t72?,73-,74-,75-/m1/s1. The van der Waals surface area contributed by atoms with Crippen molar-refractivity contribution >= 4 is 39.5 Å². The van der Waals surface area contributed by atoms with Gasteiger partial charge in [0.25, 0.3) is 0 Å². The summed E-state index contributed by atoms with van der Waals surface area (Å²) in [4.78, 5) is 72.7. The quantitative estimate of drug-likeness (QED) is 0.0222. The molecule has 0 aromatic carbocycles. The maximum Gasteiger partial charge on any atom is 0.472 e. The monoisotopic (exact) mass is 1440 g/mol. The van der Waals surface area contributed by atoms with Crippen molar-refractivity contribution in [2.75, 3.05) is 39.6 Å². The van der Waals surface area contributed by atoms with E-state index in [9.17, 15) is 43.2 Å². The van der Waals surface area contributed by atoms with E-state index in [0.717, 1.165) is 109 Å². The summed E-state index contributed by atoms with van der Waals surface area (Å²) in [6.45, 7) is 7.21. The first-order chi connectivity index (χ1) is 47.6. The Morgan fingerprint density at radius 3 is 0.724 bits per heavy atom. The molecule has 0 spiro atoms. The van der Waals surface area contributed by atoms with Crippen LogP contribution in [0.4, 0.5) is 0 Å². The van der Waals surface area contributed by atoms with Crippen molar-refractivity contribution in [2.45, 2.75) is 438 Å². The molecule has 0 rings (SSSR count). The molecule has 3 unspecified atom stereocenters. The molecule has 0 radical (unpaired) electrons. The minimum atomic E-state index is -4.96. The minimum Gasteiger partial charge on any atom is -0.462 e. The van der Waals surface area contributed by atoms with Gasteiger partial charge < -0.3 is 33.8 Å². The van der Waals surface area contributed by atoms with Gasteiger partial charge in [-0.1, -0.05) is 369 Å². The highest BCUT2D eigenvalue weighted by Crippen LogP contribution is 2.45. The van der Waals surface area contributed by atoms with E-state index in [1.807, 2.05) is 0 Å². The van der Waals surface area contributed by atoms with E-state index in [2.05, 4.69) is 34.6 Å². The molecular formula is C79H154O17P2. The molecule has 0 aromatic rings. The summed E-state index contributed by atoms with van der Waals surface area (Å²) in [7, 11) is -9.91. The third-order valence-corrected chi connectivity index (χ3v) is 20.8. The largest absolute Gasteiger partial charge is 0.472 e. The van der Waals surface area contributed by atoms with Crippen molar-refractivity contribution in [3.05, 3.63) is 0 Å². The van der Waals surface area contributed by atoms with Gasteiger partial charge in [0.05, 0.1) is 26.4 Å². The second-order valence-corrected chi connectivity index (χ2v) is 31.6. The molecule has 0 heterocycles. The van der Waals surface area contributed by atoms with Crippen LogP contribution in [0.3, 0.4) is 0 Å². The molecule has 0 bridgehead atoms. The zero-order chi connectivity index (χ0) is 71.9. The van der Waals surface area contributed by atoms with Crippen molar-refractivity contribution in [2.24, 2.45) is 5.92 Å². The maximum absolute atomic E-state index is 13.1. The molecule has 0 aromatic heterocycles. The van der Waals surface area contributed by atoms with Crippen LogP contribution in [-0.4, -0.2) is 96.7 Å². The van der Waals surface area contributed by atoms with Gasteiger partial charge in [0.1, 0.15) is 19.3 Å². The van der Waals surface area contributed by atoms with Crippen molar-refractivity contribution in [3.8, 4) is 0 Å². The fraction of sp³-hybridized carbons (Fsp3) is 0.949. The summed E-state index contributed by atoms with van der Waals surface area (Å²) in [6.07, 6.45) is 63.0. The first-order valence-corrected chi connectivity index (χ1v) is 44.2. The van der Waals surface area contributed by atoms with Gasteiger partial charge in [-0.3, -0.25) is 37.3 Å². The third-order valence-electron chi connectivity index (χ3n) is 18.9. The Kier molecular flexibility index (Phi) is 70.6. The molecule has 3 N–H and O–H groups in total. The van der Waals surface area contributed by atoms with Gasteiger partial charge in [0.2, 0.25) is 0 Å². The van der Waals surface area contributed by atoms with Crippen molar-refractivity contribution in [1.29, 1.82) is 0 Å². The van der Waals surface area contributed by atoms with Gasteiger partial charge in [-0.05, 0) is 31.6 Å². The van der Waals surface area contributed by atoms with Gasteiger partial charge in [-0.2, -0.15) is 0 Å². The Morgan fingerprint density at radius 1 is 0.286 bits per heavy atom. The van der Waals surface area contributed by atoms with Crippen molar-refractivity contribution in [3.63, 3.8) is 0 Å². The van der Waals surface area contributed by atoms with Crippen molar-refractivity contribution in [1.82, 2.24) is 0 Å². The molecule has 0 aliphatic carbocycles. The fourth-order valence-electron chi connectivity index (χ4n) is 12.2. The average Bonchev–Trinajstić information content (AvgIpc) is 1.51. The van der Waals surface area contributed by atoms with Crippen LogP contribution in [0.25, 0.3) is 0 Å². The number of unbranched alkanes of at least 4 members (excludes halogenated alkanes) is 50. The van der Waals surface area contributed by atoms with Crippen LogP contribution < -0.4 is 0 Å². The van der Waals surface area contributed by atoms with Crippen LogP contribution in [0.15, 0.2) is 0 Å². The predicted molar refractivity (Wildman–Crippen MR) is 400 cm³/mol. The number of esters is 4. The molecule has 6 atom stereocenters. The lowest BCUT2D eigenvalue weighted by molar-refractivity contribution is -0.161. The summed E-state index contributed by atoms with van der Waals surface area (Å²) >= 11 is 0. The Hall–Kier alpha value is -1.94. The second-order valence-electron chi connectivity index (χ2n) is 28.7. The molecule has 0 amide bonds. The summed E-state index contributed by atoms with van der Waals surface area (Å²) in [5.74, 6) is -1.40. The average molecular weight is 1440 g/mol. The molecule has 0 saturated carbocycles. The number of ether oxygens (including phenoxy) is 4. The lowest BCUT2D eigenvalue weighted by Gasteiger charge is -2.21. The number of hydrogen-bond acceptors (Lipinski definition) is 15. The van der Waals surface area contributed by atoms with Crippen LogP contribution in [0, 0.1) is 5.92 Å². The normalized spacial score (nSPS) is 14.2. The smallest absolute Gasteiger partial charge is 0.462 e. The first kappa shape index (κ1) is 96.1. The number of phosphoric ester groups is 2. The molecule has 98 heavy (non-hydrogen) atoms. The Labute approximate surface area is 600 Å². The molecule has 17 nitrogen and oxygen atoms in total. The van der Waals surface area contributed by atoms with Gasteiger partial charge in [-0.15, -0.1) is 0 Å². The number of phosphoric acid groups is 2. The van der Waals surface area contributed by atoms with E-state index in [1.165, 1.54) is 231 Å². The van der Waals surface area contributed by atoms with Gasteiger partial charge >= 0.3 is 39.5 Å². The summed E-state index contributed by atoms with van der Waals surface area (Å²) in [6, 6.07) is 0. The molecular weight excluding hydrogens is 1280 g/mol. The zero-order valence-electron chi connectivity index (χ0n) is 63.9. The van der Waals surface area contributed by atoms with Crippen LogP contribution in [0.1, 0.15) is 420 Å². The van der Waals surface area contributed by atoms with E-state index in [1.54, 1.807) is 0 Å². The highest BCUT2D eigenvalue weighted by molar-refractivity contribution is 7.47. The third kappa shape index (κ3) is 71.1. The van der Waals surface area contributed by atoms with E-state index in [4.69, 9.17) is 37.0 Å². The number of carbonyl (C=O) groups excluding carboxylic acids is 4. The SMILES string of the molecule is CCCCCCCCCCCCCCCCCCCCCCCC(=O)O[C@H](COC(=O)CCCCCCCCCCCCCCCCCCCCCC)COP(=O)(O)OC[C@@H](O)COP(=O)(O)OC[C@@H](COC(=O)CCCCCCCCC)OC(=O)CCCCCCCCC(C)CC. The first-order valence-electron chi connectivity index (χ1n) is 41.2. The molecule has 0 fully saturated rings. The predicted octanol–water partition coefficient (Wildman–Crippen LogP) is 23.6. The lowest BCUT2D eigenvalue weighted by atomic mass is 10.00. The Bertz CT molecular complexity index is 1880. The number of aliphatic hydroxyl groups excluding tert-OH is 1. The van der Waals surface area contributed by atoms with E-state index in [-0.39, 0.29) is 25.7 Å². The molecule has 0 aliphatic rings. The Morgan fingerprint density at radius 2 is 0.490 bits per heavy atom. The highest BCUT2D eigenvalue weighted by atomic mass is 31.2. The maximum atomic E-state index is 13.1. The lowest BCUT2D eigenvalue weighted by Crippen LogP contribution is -2.30. The van der Waals surface area contributed by atoms with Crippen LogP contribution in [0.5, 0.6) is 0 Å². The van der Waals surface area contributed by atoms with Gasteiger partial charge in [-0.25, -0.2) is 9.13 Å². The van der Waals surface area contributed by atoms with Crippen molar-refractivity contribution < 1.29 is 80.2 Å². The fourth-order valence-corrected chi connectivity index (χ4v) is 13.8. The number of rotatable bonds is 79. The summed E-state index contributed by atoms with van der Waals surface area (Å²) < 4.78 is 68.4. The highest BCUT2D eigenvalue weighted by Gasteiger charge is 2.30. The molecule has 19 heteroatoms. The number of aliphatic hydroxyl groups is 1. The van der Waals surface area contributed by atoms with Gasteiger partial charge in [0.15, 0.2) is 12.2 Å². The minimum absolute atomic E-state index is 0.103. The molecule has 0 saturated heterocycles. The van der Waals surface area contributed by atoms with E-state index in [0.29, 0.717) is 25.7 Å². The second kappa shape index (κ2) is 72.0. The number of hydrogen-bond donors (Lipinski definition) is 3. The van der Waals surface area contributed by atoms with Crippen LogP contribution in [-0.2, 0) is 65.4 Å². The van der Waals surface area contributed by atoms with Crippen LogP contribution in [0.2, 0.25) is 0 Å².